The average Bonchev–Trinajstić information content (AvgIpc) is 2.85. The van der Waals surface area contributed by atoms with Crippen LogP contribution in [0.5, 0.6) is 0 Å². The first-order valence-corrected chi connectivity index (χ1v) is 16.2. The van der Waals surface area contributed by atoms with Crippen LogP contribution in [-0.4, -0.2) is 12.6 Å². The van der Waals surface area contributed by atoms with E-state index in [2.05, 4.69) is 27.7 Å². The number of unbranched alkanes of at least 4 members (excludes halogenated alkanes) is 16. The molecule has 0 bridgehead atoms. The minimum atomic E-state index is 0.0989. The monoisotopic (exact) mass is 492 g/mol. The molecule has 35 heavy (non-hydrogen) atoms. The van der Waals surface area contributed by atoms with Crippen LogP contribution in [0.25, 0.3) is 0 Å². The molecule has 0 aromatic heterocycles. The van der Waals surface area contributed by atoms with Gasteiger partial charge in [0.15, 0.2) is 0 Å². The van der Waals surface area contributed by atoms with E-state index in [9.17, 15) is 4.79 Å². The molecule has 2 heteroatoms. The Bertz CT molecular complexity index is 487. The Hall–Kier alpha value is -0.530. The van der Waals surface area contributed by atoms with Crippen molar-refractivity contribution < 1.29 is 9.53 Å². The van der Waals surface area contributed by atoms with Gasteiger partial charge in [-0.3, -0.25) is 4.79 Å². The van der Waals surface area contributed by atoms with Crippen molar-refractivity contribution in [2.45, 2.75) is 182 Å². The van der Waals surface area contributed by atoms with Crippen LogP contribution in [0.15, 0.2) is 0 Å². The highest BCUT2D eigenvalue weighted by Gasteiger charge is 2.30. The number of rotatable bonds is 23. The van der Waals surface area contributed by atoms with E-state index in [-0.39, 0.29) is 17.3 Å². The van der Waals surface area contributed by atoms with Crippen LogP contribution in [0, 0.1) is 17.3 Å². The zero-order valence-corrected chi connectivity index (χ0v) is 24.6. The molecule has 1 rings (SSSR count). The summed E-state index contributed by atoms with van der Waals surface area (Å²) in [6, 6.07) is 0. The Kier molecular flexibility index (Phi) is 20.0. The molecule has 1 aliphatic carbocycles. The first kappa shape index (κ1) is 32.5. The standard InChI is InChI=1S/C33H64O2/c1-5-7-9-11-13-15-16-18-20-22-27-33(4,26-21-19-17-14-12-10-8-6-2)29-35-32(34)31-25-23-24-30(3)28-31/h30-31H,5-29H2,1-4H3. The highest BCUT2D eigenvalue weighted by molar-refractivity contribution is 5.72. The highest BCUT2D eigenvalue weighted by atomic mass is 16.5. The number of hydrogen-bond donors (Lipinski definition) is 0. The van der Waals surface area contributed by atoms with E-state index in [0.29, 0.717) is 12.5 Å². The summed E-state index contributed by atoms with van der Waals surface area (Å²) in [5.74, 6) is 0.932. The molecule has 0 heterocycles. The molecular formula is C33H64O2. The summed E-state index contributed by atoms with van der Waals surface area (Å²) in [6.07, 6.45) is 31.7. The number of hydrogen-bond acceptors (Lipinski definition) is 2. The molecule has 0 spiro atoms. The van der Waals surface area contributed by atoms with Gasteiger partial charge in [0, 0.05) is 5.41 Å². The number of carbonyl (C=O) groups excluding carboxylic acids is 1. The predicted octanol–water partition coefficient (Wildman–Crippen LogP) is 11.2. The van der Waals surface area contributed by atoms with Gasteiger partial charge in [-0.25, -0.2) is 0 Å². The fraction of sp³-hybridized carbons (Fsp3) is 0.970. The lowest BCUT2D eigenvalue weighted by Gasteiger charge is -2.31. The van der Waals surface area contributed by atoms with E-state index in [1.807, 2.05) is 0 Å². The molecule has 0 aromatic rings. The molecular weight excluding hydrogens is 428 g/mol. The van der Waals surface area contributed by atoms with Crippen LogP contribution in [0.2, 0.25) is 0 Å². The van der Waals surface area contributed by atoms with Crippen molar-refractivity contribution in [2.24, 2.45) is 17.3 Å². The minimum Gasteiger partial charge on any atom is -0.465 e. The van der Waals surface area contributed by atoms with E-state index in [1.165, 1.54) is 141 Å². The van der Waals surface area contributed by atoms with E-state index in [0.717, 1.165) is 12.8 Å². The zero-order chi connectivity index (χ0) is 25.6. The van der Waals surface area contributed by atoms with Crippen molar-refractivity contribution in [3.05, 3.63) is 0 Å². The van der Waals surface area contributed by atoms with Crippen LogP contribution in [0.1, 0.15) is 182 Å². The second-order valence-corrected chi connectivity index (χ2v) is 12.5. The van der Waals surface area contributed by atoms with Gasteiger partial charge in [-0.1, -0.05) is 156 Å². The maximum absolute atomic E-state index is 12.8. The third kappa shape index (κ3) is 17.5. The van der Waals surface area contributed by atoms with Gasteiger partial charge in [0.2, 0.25) is 0 Å². The highest BCUT2D eigenvalue weighted by Crippen LogP contribution is 2.34. The second kappa shape index (κ2) is 21.5. The topological polar surface area (TPSA) is 26.3 Å². The summed E-state index contributed by atoms with van der Waals surface area (Å²) in [7, 11) is 0. The molecule has 0 amide bonds. The molecule has 0 aromatic carbocycles. The Morgan fingerprint density at radius 2 is 1.11 bits per heavy atom. The summed E-state index contributed by atoms with van der Waals surface area (Å²) >= 11 is 0. The predicted molar refractivity (Wildman–Crippen MR) is 154 cm³/mol. The minimum absolute atomic E-state index is 0.0989. The second-order valence-electron chi connectivity index (χ2n) is 12.5. The van der Waals surface area contributed by atoms with Crippen LogP contribution < -0.4 is 0 Å². The molecule has 208 valence electrons. The normalized spacial score (nSPS) is 20.0. The summed E-state index contributed by atoms with van der Waals surface area (Å²) in [4.78, 5) is 12.8. The van der Waals surface area contributed by atoms with Crippen LogP contribution in [0.4, 0.5) is 0 Å². The SMILES string of the molecule is CCCCCCCCCCCCC(C)(CCCCCCCCCC)COC(=O)C1CCCC(C)C1. The van der Waals surface area contributed by atoms with E-state index in [1.54, 1.807) is 0 Å². The lowest BCUT2D eigenvalue weighted by Crippen LogP contribution is -2.30. The van der Waals surface area contributed by atoms with Crippen molar-refractivity contribution in [1.29, 1.82) is 0 Å². The molecule has 3 unspecified atom stereocenters. The maximum atomic E-state index is 12.8. The Morgan fingerprint density at radius 1 is 0.686 bits per heavy atom. The maximum Gasteiger partial charge on any atom is 0.308 e. The third-order valence-electron chi connectivity index (χ3n) is 8.60. The largest absolute Gasteiger partial charge is 0.465 e. The molecule has 0 saturated heterocycles. The van der Waals surface area contributed by atoms with Gasteiger partial charge in [0.05, 0.1) is 12.5 Å². The average molecular weight is 493 g/mol. The molecule has 1 fully saturated rings. The fourth-order valence-electron chi connectivity index (χ4n) is 6.01. The van der Waals surface area contributed by atoms with Gasteiger partial charge in [0.1, 0.15) is 0 Å². The first-order valence-electron chi connectivity index (χ1n) is 16.2. The van der Waals surface area contributed by atoms with Gasteiger partial charge in [0.25, 0.3) is 0 Å². The van der Waals surface area contributed by atoms with Gasteiger partial charge in [-0.2, -0.15) is 0 Å². The Labute approximate surface area is 221 Å². The summed E-state index contributed by atoms with van der Waals surface area (Å²) in [5.41, 5.74) is 0.165. The lowest BCUT2D eigenvalue weighted by molar-refractivity contribution is -0.154. The fourth-order valence-corrected chi connectivity index (χ4v) is 6.01. The van der Waals surface area contributed by atoms with Crippen LogP contribution in [-0.2, 0) is 9.53 Å². The number of ether oxygens (including phenoxy) is 1. The number of esters is 1. The lowest BCUT2D eigenvalue weighted by atomic mass is 9.80. The van der Waals surface area contributed by atoms with Crippen molar-refractivity contribution in [3.8, 4) is 0 Å². The van der Waals surface area contributed by atoms with Crippen molar-refractivity contribution >= 4 is 5.97 Å². The summed E-state index contributed by atoms with van der Waals surface area (Å²) < 4.78 is 6.02. The Morgan fingerprint density at radius 3 is 1.54 bits per heavy atom. The third-order valence-corrected chi connectivity index (χ3v) is 8.60. The molecule has 2 nitrogen and oxygen atoms in total. The van der Waals surface area contributed by atoms with E-state index in [4.69, 9.17) is 4.74 Å². The molecule has 1 saturated carbocycles. The van der Waals surface area contributed by atoms with Gasteiger partial charge in [-0.05, 0) is 31.6 Å². The van der Waals surface area contributed by atoms with E-state index >= 15 is 0 Å². The van der Waals surface area contributed by atoms with Crippen molar-refractivity contribution in [1.82, 2.24) is 0 Å². The van der Waals surface area contributed by atoms with Gasteiger partial charge in [-0.15, -0.1) is 0 Å². The van der Waals surface area contributed by atoms with E-state index < -0.39 is 0 Å². The van der Waals surface area contributed by atoms with Gasteiger partial charge >= 0.3 is 5.97 Å². The van der Waals surface area contributed by atoms with Crippen molar-refractivity contribution in [2.75, 3.05) is 6.61 Å². The van der Waals surface area contributed by atoms with Crippen LogP contribution >= 0.6 is 0 Å². The zero-order valence-electron chi connectivity index (χ0n) is 24.6. The molecule has 1 aliphatic rings. The van der Waals surface area contributed by atoms with Gasteiger partial charge < -0.3 is 4.74 Å². The molecule has 0 radical (unpaired) electrons. The summed E-state index contributed by atoms with van der Waals surface area (Å²) in [6.45, 7) is 9.91. The quantitative estimate of drug-likeness (QED) is 0.105. The smallest absolute Gasteiger partial charge is 0.308 e. The molecule has 3 atom stereocenters. The van der Waals surface area contributed by atoms with Crippen molar-refractivity contribution in [3.63, 3.8) is 0 Å². The molecule has 0 aliphatic heterocycles. The van der Waals surface area contributed by atoms with Crippen LogP contribution in [0.3, 0.4) is 0 Å². The molecule has 0 N–H and O–H groups in total. The first-order chi connectivity index (χ1) is 17.0. The Balaban J connectivity index is 2.33. The number of carbonyl (C=O) groups is 1. The summed E-state index contributed by atoms with van der Waals surface area (Å²) in [5, 5.41) is 0.